The van der Waals surface area contributed by atoms with E-state index in [-0.39, 0.29) is 0 Å². The van der Waals surface area contributed by atoms with Crippen molar-refractivity contribution in [3.63, 3.8) is 0 Å². The first-order valence-corrected chi connectivity index (χ1v) is 5.33. The van der Waals surface area contributed by atoms with Crippen LogP contribution in [0.1, 0.15) is 6.92 Å². The molecule has 0 fully saturated rings. The van der Waals surface area contributed by atoms with E-state index in [1.807, 2.05) is 18.2 Å². The van der Waals surface area contributed by atoms with Gasteiger partial charge in [0.15, 0.2) is 5.13 Å². The lowest BCUT2D eigenvalue weighted by Crippen LogP contribution is -1.94. The Balaban J connectivity index is 2.43. The summed E-state index contributed by atoms with van der Waals surface area (Å²) in [5.41, 5.74) is 1.02. The minimum Gasteiger partial charge on any atom is -0.497 e. The topological polar surface area (TPSA) is 34.2 Å². The number of nitrogens with zero attached hydrogens (tertiary/aromatic N) is 1. The standard InChI is InChI=1S/C10H12N2OS/c1-3-11-10-12-8-5-4-7(13-2)6-9(8)14-10/h4-6H,3H2,1-2H3,(H,11,12). The molecule has 0 radical (unpaired) electrons. The average molecular weight is 208 g/mol. The summed E-state index contributed by atoms with van der Waals surface area (Å²) in [6.45, 7) is 2.96. The van der Waals surface area contributed by atoms with Crippen LogP contribution in [0.3, 0.4) is 0 Å². The van der Waals surface area contributed by atoms with Crippen molar-refractivity contribution >= 4 is 26.7 Å². The van der Waals surface area contributed by atoms with Crippen LogP contribution in [0, 0.1) is 0 Å². The monoisotopic (exact) mass is 208 g/mol. The molecule has 0 atom stereocenters. The molecule has 0 unspecified atom stereocenters. The van der Waals surface area contributed by atoms with E-state index in [9.17, 15) is 0 Å². The summed E-state index contributed by atoms with van der Waals surface area (Å²) in [5, 5.41) is 4.17. The van der Waals surface area contributed by atoms with Gasteiger partial charge in [0.2, 0.25) is 0 Å². The van der Waals surface area contributed by atoms with Crippen molar-refractivity contribution in [3.05, 3.63) is 18.2 Å². The van der Waals surface area contributed by atoms with Gasteiger partial charge in [0.1, 0.15) is 5.75 Å². The Bertz CT molecular complexity index is 439. The first-order chi connectivity index (χ1) is 6.83. The van der Waals surface area contributed by atoms with E-state index in [0.29, 0.717) is 0 Å². The van der Waals surface area contributed by atoms with Gasteiger partial charge in [0, 0.05) is 6.54 Å². The summed E-state index contributed by atoms with van der Waals surface area (Å²) in [5.74, 6) is 0.879. The summed E-state index contributed by atoms with van der Waals surface area (Å²) in [6.07, 6.45) is 0. The largest absolute Gasteiger partial charge is 0.497 e. The van der Waals surface area contributed by atoms with Crippen LogP contribution >= 0.6 is 11.3 Å². The number of rotatable bonds is 3. The Hall–Kier alpha value is -1.29. The molecular weight excluding hydrogens is 196 g/mol. The lowest BCUT2D eigenvalue weighted by Gasteiger charge is -1.96. The van der Waals surface area contributed by atoms with E-state index in [1.165, 1.54) is 0 Å². The molecule has 1 aromatic carbocycles. The Morgan fingerprint density at radius 3 is 3.07 bits per heavy atom. The quantitative estimate of drug-likeness (QED) is 0.842. The van der Waals surface area contributed by atoms with Gasteiger partial charge in [-0.1, -0.05) is 11.3 Å². The third-order valence-electron chi connectivity index (χ3n) is 1.92. The number of nitrogens with one attached hydrogen (secondary N) is 1. The Morgan fingerprint density at radius 2 is 2.36 bits per heavy atom. The second-order valence-electron chi connectivity index (χ2n) is 2.88. The molecule has 1 heterocycles. The molecule has 0 bridgehead atoms. The van der Waals surface area contributed by atoms with Crippen molar-refractivity contribution in [1.29, 1.82) is 0 Å². The average Bonchev–Trinajstić information content (AvgIpc) is 2.59. The number of anilines is 1. The molecule has 74 valence electrons. The second kappa shape index (κ2) is 3.84. The van der Waals surface area contributed by atoms with Crippen molar-refractivity contribution < 1.29 is 4.74 Å². The van der Waals surface area contributed by atoms with Gasteiger partial charge in [-0.25, -0.2) is 4.98 Å². The molecule has 0 saturated heterocycles. The summed E-state index contributed by atoms with van der Waals surface area (Å²) >= 11 is 1.65. The predicted molar refractivity (Wildman–Crippen MR) is 60.3 cm³/mol. The molecule has 2 aromatic rings. The number of thiazole rings is 1. The number of hydrogen-bond donors (Lipinski definition) is 1. The molecule has 4 heteroatoms. The van der Waals surface area contributed by atoms with Crippen molar-refractivity contribution in [3.8, 4) is 5.75 Å². The molecule has 0 aliphatic rings. The molecule has 0 aliphatic carbocycles. The molecule has 0 aliphatic heterocycles. The SMILES string of the molecule is CCNc1nc2ccc(OC)cc2s1. The molecule has 1 N–H and O–H groups in total. The van der Waals surface area contributed by atoms with E-state index in [0.717, 1.165) is 27.6 Å². The van der Waals surface area contributed by atoms with Gasteiger partial charge in [-0.15, -0.1) is 0 Å². The second-order valence-corrected chi connectivity index (χ2v) is 3.91. The number of methoxy groups -OCH3 is 1. The zero-order valence-electron chi connectivity index (χ0n) is 8.20. The van der Waals surface area contributed by atoms with Crippen molar-refractivity contribution in [2.45, 2.75) is 6.92 Å². The van der Waals surface area contributed by atoms with E-state index < -0.39 is 0 Å². The molecule has 2 rings (SSSR count). The van der Waals surface area contributed by atoms with Crippen molar-refractivity contribution in [1.82, 2.24) is 4.98 Å². The number of benzene rings is 1. The zero-order chi connectivity index (χ0) is 9.97. The molecule has 0 saturated carbocycles. The number of fused-ring (bicyclic) bond motifs is 1. The van der Waals surface area contributed by atoms with Crippen LogP contribution < -0.4 is 10.1 Å². The fourth-order valence-corrected chi connectivity index (χ4v) is 2.22. The minimum atomic E-state index is 0.879. The lowest BCUT2D eigenvalue weighted by atomic mass is 10.3. The minimum absolute atomic E-state index is 0.879. The Morgan fingerprint density at radius 1 is 1.50 bits per heavy atom. The Kier molecular flexibility index (Phi) is 2.54. The summed E-state index contributed by atoms with van der Waals surface area (Å²) in [4.78, 5) is 4.43. The van der Waals surface area contributed by atoms with Gasteiger partial charge in [0.05, 0.1) is 17.3 Å². The summed E-state index contributed by atoms with van der Waals surface area (Å²) in [7, 11) is 1.67. The molecule has 0 spiro atoms. The first kappa shape index (κ1) is 9.27. The van der Waals surface area contributed by atoms with E-state index in [2.05, 4.69) is 17.2 Å². The van der Waals surface area contributed by atoms with E-state index in [1.54, 1.807) is 18.4 Å². The fourth-order valence-electron chi connectivity index (χ4n) is 1.26. The van der Waals surface area contributed by atoms with Crippen LogP contribution in [-0.2, 0) is 0 Å². The zero-order valence-corrected chi connectivity index (χ0v) is 9.02. The van der Waals surface area contributed by atoms with Gasteiger partial charge >= 0.3 is 0 Å². The maximum atomic E-state index is 5.15. The highest BCUT2D eigenvalue weighted by Crippen LogP contribution is 2.28. The molecule has 0 amide bonds. The maximum Gasteiger partial charge on any atom is 0.183 e. The van der Waals surface area contributed by atoms with Gasteiger partial charge in [-0.2, -0.15) is 0 Å². The number of hydrogen-bond acceptors (Lipinski definition) is 4. The van der Waals surface area contributed by atoms with Crippen LogP contribution in [0.25, 0.3) is 10.2 Å². The van der Waals surface area contributed by atoms with Gasteiger partial charge in [-0.3, -0.25) is 0 Å². The maximum absolute atomic E-state index is 5.15. The predicted octanol–water partition coefficient (Wildman–Crippen LogP) is 2.74. The summed E-state index contributed by atoms with van der Waals surface area (Å²) < 4.78 is 6.30. The highest BCUT2D eigenvalue weighted by Gasteiger charge is 2.03. The van der Waals surface area contributed by atoms with Crippen LogP contribution in [0.5, 0.6) is 5.75 Å². The van der Waals surface area contributed by atoms with Crippen LogP contribution in [0.2, 0.25) is 0 Å². The molecule has 1 aromatic heterocycles. The van der Waals surface area contributed by atoms with Crippen molar-refractivity contribution in [2.24, 2.45) is 0 Å². The van der Waals surface area contributed by atoms with Crippen LogP contribution in [0.15, 0.2) is 18.2 Å². The van der Waals surface area contributed by atoms with Gasteiger partial charge < -0.3 is 10.1 Å². The van der Waals surface area contributed by atoms with Gasteiger partial charge in [-0.05, 0) is 25.1 Å². The van der Waals surface area contributed by atoms with Crippen LogP contribution in [-0.4, -0.2) is 18.6 Å². The third-order valence-corrected chi connectivity index (χ3v) is 2.90. The molecule has 3 nitrogen and oxygen atoms in total. The number of ether oxygens (including phenoxy) is 1. The van der Waals surface area contributed by atoms with E-state index >= 15 is 0 Å². The van der Waals surface area contributed by atoms with E-state index in [4.69, 9.17) is 4.74 Å². The molecule has 14 heavy (non-hydrogen) atoms. The fraction of sp³-hybridized carbons (Fsp3) is 0.300. The van der Waals surface area contributed by atoms with Gasteiger partial charge in [0.25, 0.3) is 0 Å². The summed E-state index contributed by atoms with van der Waals surface area (Å²) in [6, 6.07) is 5.91. The molecular formula is C10H12N2OS. The van der Waals surface area contributed by atoms with Crippen LogP contribution in [0.4, 0.5) is 5.13 Å². The smallest absolute Gasteiger partial charge is 0.183 e. The lowest BCUT2D eigenvalue weighted by molar-refractivity contribution is 0.415. The third kappa shape index (κ3) is 1.65. The van der Waals surface area contributed by atoms with Crippen molar-refractivity contribution in [2.75, 3.05) is 19.0 Å². The Labute approximate surface area is 86.7 Å². The first-order valence-electron chi connectivity index (χ1n) is 4.52. The highest BCUT2D eigenvalue weighted by atomic mass is 32.1. The normalized spacial score (nSPS) is 10.4. The highest BCUT2D eigenvalue weighted by molar-refractivity contribution is 7.22. The number of aromatic nitrogens is 1.